The number of nitrogens with two attached hydrogens (primary N) is 1. The standard InChI is InChI=1S/C16H13N3O4/c17-15(20)8-10-3-5-11(6-4-10)18-16(21)12-9-14(23-19-12)13-2-1-7-22-13/h1-7,9H,8H2,(H2,17,20)(H,18,21). The van der Waals surface area contributed by atoms with Gasteiger partial charge in [0.1, 0.15) is 0 Å². The Morgan fingerprint density at radius 1 is 1.13 bits per heavy atom. The van der Waals surface area contributed by atoms with Gasteiger partial charge < -0.3 is 20.0 Å². The maximum absolute atomic E-state index is 12.1. The Labute approximate surface area is 131 Å². The third-order valence-corrected chi connectivity index (χ3v) is 3.10. The number of rotatable bonds is 5. The summed E-state index contributed by atoms with van der Waals surface area (Å²) in [6, 6.07) is 11.7. The van der Waals surface area contributed by atoms with Gasteiger partial charge in [-0.15, -0.1) is 0 Å². The van der Waals surface area contributed by atoms with E-state index in [1.807, 2.05) is 0 Å². The van der Waals surface area contributed by atoms with E-state index in [1.165, 1.54) is 12.3 Å². The molecule has 0 radical (unpaired) electrons. The summed E-state index contributed by atoms with van der Waals surface area (Å²) in [5, 5.41) is 6.41. The summed E-state index contributed by atoms with van der Waals surface area (Å²) >= 11 is 0. The van der Waals surface area contributed by atoms with Crippen molar-refractivity contribution < 1.29 is 18.5 Å². The maximum Gasteiger partial charge on any atom is 0.277 e. The van der Waals surface area contributed by atoms with Crippen molar-refractivity contribution in [2.24, 2.45) is 5.73 Å². The van der Waals surface area contributed by atoms with Gasteiger partial charge in [0.05, 0.1) is 12.7 Å². The summed E-state index contributed by atoms with van der Waals surface area (Å²) in [6.07, 6.45) is 1.66. The van der Waals surface area contributed by atoms with Crippen LogP contribution in [0.15, 0.2) is 57.7 Å². The largest absolute Gasteiger partial charge is 0.461 e. The molecule has 2 aromatic heterocycles. The third-order valence-electron chi connectivity index (χ3n) is 3.10. The average molecular weight is 311 g/mol. The van der Waals surface area contributed by atoms with E-state index in [2.05, 4.69) is 10.5 Å². The first-order valence-corrected chi connectivity index (χ1v) is 6.81. The molecule has 0 saturated heterocycles. The van der Waals surface area contributed by atoms with Crippen molar-refractivity contribution in [3.63, 3.8) is 0 Å². The van der Waals surface area contributed by atoms with E-state index in [0.717, 1.165) is 5.56 Å². The molecule has 0 aliphatic heterocycles. The highest BCUT2D eigenvalue weighted by Gasteiger charge is 2.15. The number of anilines is 1. The van der Waals surface area contributed by atoms with Crippen molar-refractivity contribution in [2.45, 2.75) is 6.42 Å². The number of carbonyl (C=O) groups is 2. The Kier molecular flexibility index (Phi) is 3.92. The van der Waals surface area contributed by atoms with Crippen LogP contribution in [0.4, 0.5) is 5.69 Å². The number of benzene rings is 1. The Bertz CT molecular complexity index is 819. The molecule has 3 aromatic rings. The second kappa shape index (κ2) is 6.18. The van der Waals surface area contributed by atoms with E-state index >= 15 is 0 Å². The van der Waals surface area contributed by atoms with Crippen molar-refractivity contribution in [3.8, 4) is 11.5 Å². The minimum absolute atomic E-state index is 0.137. The quantitative estimate of drug-likeness (QED) is 0.750. The second-order valence-electron chi connectivity index (χ2n) is 4.85. The molecule has 0 aliphatic rings. The molecule has 2 heterocycles. The Morgan fingerprint density at radius 2 is 1.91 bits per heavy atom. The molecule has 0 bridgehead atoms. The van der Waals surface area contributed by atoms with Crippen LogP contribution in [-0.4, -0.2) is 17.0 Å². The normalized spacial score (nSPS) is 10.4. The van der Waals surface area contributed by atoms with Crippen LogP contribution in [0.3, 0.4) is 0 Å². The van der Waals surface area contributed by atoms with Crippen molar-refractivity contribution in [3.05, 3.63) is 60.0 Å². The van der Waals surface area contributed by atoms with Crippen LogP contribution >= 0.6 is 0 Å². The smallest absolute Gasteiger partial charge is 0.277 e. The fourth-order valence-electron chi connectivity index (χ4n) is 2.02. The summed E-state index contributed by atoms with van der Waals surface area (Å²) in [5.41, 5.74) is 6.61. The number of carbonyl (C=O) groups excluding carboxylic acids is 2. The van der Waals surface area contributed by atoms with Gasteiger partial charge in [-0.3, -0.25) is 9.59 Å². The van der Waals surface area contributed by atoms with E-state index in [9.17, 15) is 9.59 Å². The number of furan rings is 1. The van der Waals surface area contributed by atoms with E-state index in [0.29, 0.717) is 17.2 Å². The molecule has 0 atom stereocenters. The lowest BCUT2D eigenvalue weighted by Crippen LogP contribution is -2.14. The Hall–Kier alpha value is -3.35. The summed E-state index contributed by atoms with van der Waals surface area (Å²) < 4.78 is 10.2. The molecule has 0 spiro atoms. The molecule has 116 valence electrons. The van der Waals surface area contributed by atoms with Crippen LogP contribution in [0.5, 0.6) is 0 Å². The zero-order valence-corrected chi connectivity index (χ0v) is 12.0. The lowest BCUT2D eigenvalue weighted by Gasteiger charge is -2.04. The predicted octanol–water partition coefficient (Wildman–Crippen LogP) is 2.21. The highest BCUT2D eigenvalue weighted by molar-refractivity contribution is 6.03. The molecule has 2 amide bonds. The van der Waals surface area contributed by atoms with E-state index in [1.54, 1.807) is 36.4 Å². The summed E-state index contributed by atoms with van der Waals surface area (Å²) in [5.74, 6) is 0.0494. The number of nitrogens with zero attached hydrogens (tertiary/aromatic N) is 1. The van der Waals surface area contributed by atoms with Gasteiger partial charge in [0.25, 0.3) is 5.91 Å². The van der Waals surface area contributed by atoms with Gasteiger partial charge in [-0.2, -0.15) is 0 Å². The van der Waals surface area contributed by atoms with Gasteiger partial charge in [-0.1, -0.05) is 17.3 Å². The predicted molar refractivity (Wildman–Crippen MR) is 81.5 cm³/mol. The van der Waals surface area contributed by atoms with Crippen LogP contribution < -0.4 is 11.1 Å². The molecule has 0 unspecified atom stereocenters. The fraction of sp³-hybridized carbons (Fsp3) is 0.0625. The summed E-state index contributed by atoms with van der Waals surface area (Å²) in [4.78, 5) is 23.0. The van der Waals surface area contributed by atoms with Crippen LogP contribution in [-0.2, 0) is 11.2 Å². The van der Waals surface area contributed by atoms with Gasteiger partial charge in [-0.25, -0.2) is 0 Å². The molecule has 3 N–H and O–H groups in total. The number of primary amides is 1. The van der Waals surface area contributed by atoms with Gasteiger partial charge in [0.2, 0.25) is 11.7 Å². The fourth-order valence-corrected chi connectivity index (χ4v) is 2.02. The molecule has 3 rings (SSSR count). The van der Waals surface area contributed by atoms with Crippen molar-refractivity contribution in [2.75, 3.05) is 5.32 Å². The monoisotopic (exact) mass is 311 g/mol. The summed E-state index contributed by atoms with van der Waals surface area (Å²) in [6.45, 7) is 0. The lowest BCUT2D eigenvalue weighted by molar-refractivity contribution is -0.117. The van der Waals surface area contributed by atoms with E-state index in [4.69, 9.17) is 14.7 Å². The Balaban J connectivity index is 1.68. The first kappa shape index (κ1) is 14.6. The SMILES string of the molecule is NC(=O)Cc1ccc(NC(=O)c2cc(-c3ccco3)on2)cc1. The van der Waals surface area contributed by atoms with E-state index < -0.39 is 11.8 Å². The number of hydrogen-bond donors (Lipinski definition) is 2. The molecule has 7 heteroatoms. The van der Waals surface area contributed by atoms with Crippen LogP contribution in [0, 0.1) is 0 Å². The molecule has 7 nitrogen and oxygen atoms in total. The zero-order chi connectivity index (χ0) is 16.2. The average Bonchev–Trinajstić information content (AvgIpc) is 3.19. The van der Waals surface area contributed by atoms with Crippen molar-refractivity contribution in [1.82, 2.24) is 5.16 Å². The lowest BCUT2D eigenvalue weighted by atomic mass is 10.1. The third kappa shape index (κ3) is 3.46. The van der Waals surface area contributed by atoms with Gasteiger partial charge >= 0.3 is 0 Å². The van der Waals surface area contributed by atoms with Gasteiger partial charge in [0.15, 0.2) is 11.5 Å². The molecule has 0 saturated carbocycles. The maximum atomic E-state index is 12.1. The second-order valence-corrected chi connectivity index (χ2v) is 4.85. The van der Waals surface area contributed by atoms with Crippen LogP contribution in [0.1, 0.15) is 16.1 Å². The number of hydrogen-bond acceptors (Lipinski definition) is 5. The zero-order valence-electron chi connectivity index (χ0n) is 12.0. The van der Waals surface area contributed by atoms with E-state index in [-0.39, 0.29) is 12.1 Å². The minimum atomic E-state index is -0.408. The molecule has 0 fully saturated rings. The minimum Gasteiger partial charge on any atom is -0.461 e. The molecular weight excluding hydrogens is 298 g/mol. The number of amides is 2. The molecular formula is C16H13N3O4. The Morgan fingerprint density at radius 3 is 2.57 bits per heavy atom. The van der Waals surface area contributed by atoms with Crippen molar-refractivity contribution in [1.29, 1.82) is 0 Å². The summed E-state index contributed by atoms with van der Waals surface area (Å²) in [7, 11) is 0. The van der Waals surface area contributed by atoms with Crippen LogP contribution in [0.25, 0.3) is 11.5 Å². The van der Waals surface area contributed by atoms with Crippen molar-refractivity contribution >= 4 is 17.5 Å². The first-order valence-electron chi connectivity index (χ1n) is 6.81. The van der Waals surface area contributed by atoms with Gasteiger partial charge in [0, 0.05) is 11.8 Å². The molecule has 0 aliphatic carbocycles. The van der Waals surface area contributed by atoms with Crippen LogP contribution in [0.2, 0.25) is 0 Å². The highest BCUT2D eigenvalue weighted by Crippen LogP contribution is 2.21. The molecule has 23 heavy (non-hydrogen) atoms. The molecule has 1 aromatic carbocycles. The highest BCUT2D eigenvalue weighted by atomic mass is 16.5. The topological polar surface area (TPSA) is 111 Å². The van der Waals surface area contributed by atoms with Gasteiger partial charge in [-0.05, 0) is 29.8 Å². The number of aromatic nitrogens is 1. The first-order chi connectivity index (χ1) is 11.1. The number of nitrogens with one attached hydrogen (secondary N) is 1.